The van der Waals surface area contributed by atoms with Gasteiger partial charge in [-0.15, -0.1) is 0 Å². The number of nitrogens with one attached hydrogen (secondary N) is 2. The van der Waals surface area contributed by atoms with Crippen molar-refractivity contribution in [3.05, 3.63) is 105 Å². The molecule has 0 aliphatic rings. The molecule has 0 aromatic heterocycles. The van der Waals surface area contributed by atoms with Crippen LogP contribution in [0.1, 0.15) is 28.4 Å². The molecule has 34 heavy (non-hydrogen) atoms. The van der Waals surface area contributed by atoms with Crippen LogP contribution in [0.25, 0.3) is 0 Å². The van der Waals surface area contributed by atoms with Crippen LogP contribution in [0.2, 0.25) is 5.02 Å². The summed E-state index contributed by atoms with van der Waals surface area (Å²) in [5, 5.41) is 16.1. The Balaban J connectivity index is 1.60. The second-order valence-corrected chi connectivity index (χ2v) is 7.55. The first-order chi connectivity index (χ1) is 16.3. The summed E-state index contributed by atoms with van der Waals surface area (Å²) in [6.07, 6.45) is -0.206. The highest BCUT2D eigenvalue weighted by atomic mass is 35.5. The van der Waals surface area contributed by atoms with Gasteiger partial charge in [0.15, 0.2) is 6.61 Å². The molecule has 0 radical (unpaired) electrons. The Labute approximate surface area is 199 Å². The van der Waals surface area contributed by atoms with Gasteiger partial charge < -0.3 is 15.4 Å². The van der Waals surface area contributed by atoms with Crippen LogP contribution in [0.4, 0.5) is 11.4 Å². The maximum Gasteiger partial charge on any atom is 0.308 e. The van der Waals surface area contributed by atoms with Crippen molar-refractivity contribution in [1.82, 2.24) is 5.32 Å². The Morgan fingerprint density at radius 3 is 2.26 bits per heavy atom. The fourth-order valence-corrected chi connectivity index (χ4v) is 3.25. The number of esters is 1. The van der Waals surface area contributed by atoms with Crippen LogP contribution in [-0.2, 0) is 14.3 Å². The van der Waals surface area contributed by atoms with Crippen molar-refractivity contribution in [3.63, 3.8) is 0 Å². The summed E-state index contributed by atoms with van der Waals surface area (Å²) in [6.45, 7) is -0.608. The van der Waals surface area contributed by atoms with Gasteiger partial charge in [0, 0.05) is 17.3 Å². The molecule has 0 unspecified atom stereocenters. The molecule has 0 aliphatic carbocycles. The zero-order valence-electron chi connectivity index (χ0n) is 17.8. The van der Waals surface area contributed by atoms with Gasteiger partial charge in [0.05, 0.1) is 17.4 Å². The minimum Gasteiger partial charge on any atom is -0.455 e. The number of carbonyl (C=O) groups excluding carboxylic acids is 3. The van der Waals surface area contributed by atoms with Crippen molar-refractivity contribution in [3.8, 4) is 0 Å². The highest BCUT2D eigenvalue weighted by molar-refractivity contribution is 6.32. The number of nitro benzene ring substituents is 1. The van der Waals surface area contributed by atoms with Gasteiger partial charge in [-0.1, -0.05) is 60.1 Å². The lowest BCUT2D eigenvalue weighted by Gasteiger charge is -2.19. The van der Waals surface area contributed by atoms with Crippen LogP contribution < -0.4 is 10.6 Å². The standard InChI is InChI=1S/C24H20ClN3O6/c25-19-12-11-18(13-21(19)28(32)33)26-22(29)15-34-23(30)14-20(16-7-3-1-4-8-16)27-24(31)17-9-5-2-6-10-17/h1-13,20H,14-15H2,(H,26,29)(H,27,31)/t20-/m1/s1. The highest BCUT2D eigenvalue weighted by Crippen LogP contribution is 2.27. The molecule has 0 saturated carbocycles. The summed E-state index contributed by atoms with van der Waals surface area (Å²) >= 11 is 5.75. The molecule has 9 nitrogen and oxygen atoms in total. The Bertz CT molecular complexity index is 1190. The van der Waals surface area contributed by atoms with Crippen LogP contribution in [0.15, 0.2) is 78.9 Å². The number of rotatable bonds is 9. The third kappa shape index (κ3) is 6.88. The van der Waals surface area contributed by atoms with Crippen LogP contribution in [0.5, 0.6) is 0 Å². The van der Waals surface area contributed by atoms with E-state index in [0.717, 1.165) is 6.07 Å². The van der Waals surface area contributed by atoms with E-state index in [-0.39, 0.29) is 28.7 Å². The smallest absolute Gasteiger partial charge is 0.308 e. The fourth-order valence-electron chi connectivity index (χ4n) is 3.07. The number of benzene rings is 3. The second-order valence-electron chi connectivity index (χ2n) is 7.14. The van der Waals surface area contributed by atoms with Crippen LogP contribution >= 0.6 is 11.6 Å². The number of carbonyl (C=O) groups is 3. The first kappa shape index (κ1) is 24.4. The first-order valence-corrected chi connectivity index (χ1v) is 10.5. The molecule has 0 fully saturated rings. The number of nitrogens with zero attached hydrogens (tertiary/aromatic N) is 1. The van der Waals surface area contributed by atoms with Gasteiger partial charge in [0.2, 0.25) is 0 Å². The number of hydrogen-bond acceptors (Lipinski definition) is 6. The van der Waals surface area contributed by atoms with Crippen molar-refractivity contribution >= 4 is 40.8 Å². The number of halogens is 1. The van der Waals surface area contributed by atoms with Gasteiger partial charge in [0.25, 0.3) is 17.5 Å². The molecule has 3 rings (SSSR count). The van der Waals surface area contributed by atoms with E-state index in [1.165, 1.54) is 12.1 Å². The Hall–Kier alpha value is -4.24. The number of nitro groups is 1. The molecule has 0 heterocycles. The van der Waals surface area contributed by atoms with Crippen LogP contribution in [0, 0.1) is 10.1 Å². The van der Waals surface area contributed by atoms with E-state index in [1.54, 1.807) is 54.6 Å². The minimum atomic E-state index is -0.709. The molecule has 2 amide bonds. The van der Waals surface area contributed by atoms with Gasteiger partial charge >= 0.3 is 5.97 Å². The Kier molecular flexibility index (Phi) is 8.31. The molecular weight excluding hydrogens is 462 g/mol. The van der Waals surface area contributed by atoms with Gasteiger partial charge in [-0.3, -0.25) is 24.5 Å². The van der Waals surface area contributed by atoms with E-state index >= 15 is 0 Å². The molecule has 0 spiro atoms. The highest BCUT2D eigenvalue weighted by Gasteiger charge is 2.21. The number of ether oxygens (including phenoxy) is 1. The fraction of sp³-hybridized carbons (Fsp3) is 0.125. The Morgan fingerprint density at radius 2 is 1.62 bits per heavy atom. The molecule has 3 aromatic rings. The number of hydrogen-bond donors (Lipinski definition) is 2. The van der Waals surface area contributed by atoms with Gasteiger partial charge in [-0.05, 0) is 29.8 Å². The summed E-state index contributed by atoms with van der Waals surface area (Å²) < 4.78 is 5.05. The van der Waals surface area contributed by atoms with Crippen LogP contribution in [0.3, 0.4) is 0 Å². The van der Waals surface area contributed by atoms with E-state index in [4.69, 9.17) is 16.3 Å². The lowest BCUT2D eigenvalue weighted by Crippen LogP contribution is -2.31. The predicted octanol–water partition coefficient (Wildman–Crippen LogP) is 4.29. The normalized spacial score (nSPS) is 11.2. The topological polar surface area (TPSA) is 128 Å². The quantitative estimate of drug-likeness (QED) is 0.266. The summed E-state index contributed by atoms with van der Waals surface area (Å²) in [5.41, 5.74) is 0.903. The summed E-state index contributed by atoms with van der Waals surface area (Å²) in [6, 6.07) is 20.6. The van der Waals surface area contributed by atoms with E-state index in [2.05, 4.69) is 10.6 Å². The molecule has 0 aliphatic heterocycles. The molecule has 1 atom stereocenters. The SMILES string of the molecule is O=C(COC(=O)C[C@@H](NC(=O)c1ccccc1)c1ccccc1)Nc1ccc(Cl)c([N+](=O)[O-])c1. The molecule has 10 heteroatoms. The zero-order chi connectivity index (χ0) is 24.5. The largest absolute Gasteiger partial charge is 0.455 e. The molecule has 0 saturated heterocycles. The third-order valence-corrected chi connectivity index (χ3v) is 5.02. The number of amides is 2. The zero-order valence-corrected chi connectivity index (χ0v) is 18.5. The van der Waals surface area contributed by atoms with Crippen molar-refractivity contribution in [2.24, 2.45) is 0 Å². The summed E-state index contributed by atoms with van der Waals surface area (Å²) in [7, 11) is 0. The van der Waals surface area contributed by atoms with Gasteiger partial charge in [-0.25, -0.2) is 0 Å². The monoisotopic (exact) mass is 481 g/mol. The third-order valence-electron chi connectivity index (χ3n) is 4.70. The minimum absolute atomic E-state index is 0.0704. The van der Waals surface area contributed by atoms with E-state index < -0.39 is 29.4 Å². The number of anilines is 1. The summed E-state index contributed by atoms with van der Waals surface area (Å²) in [5.74, 6) is -1.75. The van der Waals surface area contributed by atoms with Crippen molar-refractivity contribution in [2.45, 2.75) is 12.5 Å². The van der Waals surface area contributed by atoms with Gasteiger partial charge in [0.1, 0.15) is 5.02 Å². The lowest BCUT2D eigenvalue weighted by molar-refractivity contribution is -0.384. The maximum absolute atomic E-state index is 12.6. The van der Waals surface area contributed by atoms with Crippen molar-refractivity contribution in [1.29, 1.82) is 0 Å². The van der Waals surface area contributed by atoms with E-state index in [1.807, 2.05) is 6.07 Å². The average molecular weight is 482 g/mol. The lowest BCUT2D eigenvalue weighted by atomic mass is 10.0. The molecule has 174 valence electrons. The summed E-state index contributed by atoms with van der Waals surface area (Å²) in [4.78, 5) is 47.5. The molecular formula is C24H20ClN3O6. The molecule has 2 N–H and O–H groups in total. The average Bonchev–Trinajstić information content (AvgIpc) is 2.84. The second kappa shape index (κ2) is 11.6. The van der Waals surface area contributed by atoms with Gasteiger partial charge in [-0.2, -0.15) is 0 Å². The van der Waals surface area contributed by atoms with Crippen LogP contribution in [-0.4, -0.2) is 29.3 Å². The van der Waals surface area contributed by atoms with Crippen molar-refractivity contribution in [2.75, 3.05) is 11.9 Å². The first-order valence-electron chi connectivity index (χ1n) is 10.1. The Morgan fingerprint density at radius 1 is 0.971 bits per heavy atom. The predicted molar refractivity (Wildman–Crippen MR) is 125 cm³/mol. The maximum atomic E-state index is 12.6. The van der Waals surface area contributed by atoms with E-state index in [0.29, 0.717) is 11.1 Å². The molecule has 0 bridgehead atoms. The molecule has 3 aromatic carbocycles. The van der Waals surface area contributed by atoms with E-state index in [9.17, 15) is 24.5 Å². The van der Waals surface area contributed by atoms with Crippen molar-refractivity contribution < 1.29 is 24.0 Å².